The molecular formula is C17H20N4O2. The average molecular weight is 312 g/mol. The van der Waals surface area contributed by atoms with E-state index in [9.17, 15) is 9.59 Å². The highest BCUT2D eigenvalue weighted by Crippen LogP contribution is 2.21. The Morgan fingerprint density at radius 2 is 1.78 bits per heavy atom. The van der Waals surface area contributed by atoms with Gasteiger partial charge in [-0.15, -0.1) is 0 Å². The van der Waals surface area contributed by atoms with Gasteiger partial charge in [0, 0.05) is 11.9 Å². The number of pyridine rings is 1. The molecular weight excluding hydrogens is 292 g/mol. The number of aryl methyl sites for hydroxylation is 3. The van der Waals surface area contributed by atoms with Crippen LogP contribution in [0.2, 0.25) is 0 Å². The third-order valence-electron chi connectivity index (χ3n) is 3.27. The molecule has 0 spiro atoms. The molecule has 0 aliphatic heterocycles. The number of rotatable bonds is 4. The van der Waals surface area contributed by atoms with Crippen LogP contribution in [0.4, 0.5) is 16.2 Å². The molecule has 0 radical (unpaired) electrons. The van der Waals surface area contributed by atoms with E-state index in [2.05, 4.69) is 20.9 Å². The molecule has 0 fully saturated rings. The number of carbonyl (C=O) groups excluding carboxylic acids is 2. The van der Waals surface area contributed by atoms with Gasteiger partial charge in [-0.3, -0.25) is 9.78 Å². The minimum Gasteiger partial charge on any atom is -0.329 e. The molecule has 6 nitrogen and oxygen atoms in total. The van der Waals surface area contributed by atoms with Crippen LogP contribution in [-0.4, -0.2) is 23.5 Å². The molecule has 1 aromatic heterocycles. The van der Waals surface area contributed by atoms with Crippen LogP contribution in [0.25, 0.3) is 0 Å². The van der Waals surface area contributed by atoms with E-state index in [1.807, 2.05) is 32.9 Å². The topological polar surface area (TPSA) is 83.1 Å². The van der Waals surface area contributed by atoms with Crippen molar-refractivity contribution in [1.82, 2.24) is 10.3 Å². The number of anilines is 2. The summed E-state index contributed by atoms with van der Waals surface area (Å²) in [6.07, 6.45) is 3.14. The normalized spacial score (nSPS) is 10.0. The molecule has 2 aromatic rings. The Hall–Kier alpha value is -2.89. The van der Waals surface area contributed by atoms with Crippen molar-refractivity contribution in [3.05, 3.63) is 53.3 Å². The fourth-order valence-electron chi connectivity index (χ4n) is 2.33. The van der Waals surface area contributed by atoms with Gasteiger partial charge in [-0.25, -0.2) is 4.79 Å². The smallest absolute Gasteiger partial charge is 0.319 e. The van der Waals surface area contributed by atoms with Crippen LogP contribution in [0.1, 0.15) is 16.7 Å². The molecule has 0 aliphatic rings. The molecule has 1 aromatic carbocycles. The van der Waals surface area contributed by atoms with E-state index in [1.54, 1.807) is 18.3 Å². The lowest BCUT2D eigenvalue weighted by molar-refractivity contribution is -0.115. The van der Waals surface area contributed by atoms with Gasteiger partial charge in [-0.1, -0.05) is 17.7 Å². The molecule has 2 rings (SSSR count). The Morgan fingerprint density at radius 3 is 2.39 bits per heavy atom. The summed E-state index contributed by atoms with van der Waals surface area (Å²) in [5.74, 6) is -0.276. The van der Waals surface area contributed by atoms with Gasteiger partial charge in [-0.05, 0) is 44.0 Å². The highest BCUT2D eigenvalue weighted by Gasteiger charge is 2.09. The number of benzene rings is 1. The Kier molecular flexibility index (Phi) is 5.30. The first kappa shape index (κ1) is 16.5. The van der Waals surface area contributed by atoms with Crippen molar-refractivity contribution in [2.45, 2.75) is 20.8 Å². The fourth-order valence-corrected chi connectivity index (χ4v) is 2.33. The Balaban J connectivity index is 1.87. The molecule has 3 amide bonds. The zero-order valence-electron chi connectivity index (χ0n) is 13.4. The molecule has 0 saturated heterocycles. The number of aromatic nitrogens is 1. The summed E-state index contributed by atoms with van der Waals surface area (Å²) in [4.78, 5) is 27.6. The monoisotopic (exact) mass is 312 g/mol. The maximum Gasteiger partial charge on any atom is 0.319 e. The molecule has 120 valence electrons. The lowest BCUT2D eigenvalue weighted by atomic mass is 10.1. The van der Waals surface area contributed by atoms with E-state index in [-0.39, 0.29) is 12.5 Å². The maximum absolute atomic E-state index is 12.0. The first-order chi connectivity index (χ1) is 11.0. The molecule has 0 saturated carbocycles. The summed E-state index contributed by atoms with van der Waals surface area (Å²) in [5.41, 5.74) is 4.49. The van der Waals surface area contributed by atoms with Crippen molar-refractivity contribution in [2.75, 3.05) is 17.2 Å². The van der Waals surface area contributed by atoms with Crippen LogP contribution < -0.4 is 16.0 Å². The lowest BCUT2D eigenvalue weighted by Gasteiger charge is -2.13. The van der Waals surface area contributed by atoms with Crippen molar-refractivity contribution < 1.29 is 9.59 Å². The number of hydrogen-bond donors (Lipinski definition) is 3. The summed E-state index contributed by atoms with van der Waals surface area (Å²) >= 11 is 0. The minimum absolute atomic E-state index is 0.112. The summed E-state index contributed by atoms with van der Waals surface area (Å²) in [5, 5.41) is 7.94. The third-order valence-corrected chi connectivity index (χ3v) is 3.27. The number of nitrogens with one attached hydrogen (secondary N) is 3. The van der Waals surface area contributed by atoms with E-state index in [4.69, 9.17) is 0 Å². The van der Waals surface area contributed by atoms with Gasteiger partial charge in [0.15, 0.2) is 0 Å². The van der Waals surface area contributed by atoms with E-state index in [0.717, 1.165) is 22.4 Å². The second-order valence-electron chi connectivity index (χ2n) is 5.37. The number of amides is 3. The maximum atomic E-state index is 12.0. The van der Waals surface area contributed by atoms with Crippen LogP contribution in [0.3, 0.4) is 0 Å². The Morgan fingerprint density at radius 1 is 1.09 bits per heavy atom. The van der Waals surface area contributed by atoms with Crippen LogP contribution in [0.15, 0.2) is 36.7 Å². The second kappa shape index (κ2) is 7.40. The predicted octanol–water partition coefficient (Wildman–Crippen LogP) is 2.77. The third kappa shape index (κ3) is 4.81. The standard InChI is InChI=1S/C17H20N4O2/c1-11-7-12(2)16(13(3)8-11)21-15(22)10-19-17(23)20-14-5-4-6-18-9-14/h4-9H,10H2,1-3H3,(H,21,22)(H2,19,20,23). The van der Waals surface area contributed by atoms with E-state index >= 15 is 0 Å². The molecule has 0 unspecified atom stereocenters. The molecule has 0 bridgehead atoms. The highest BCUT2D eigenvalue weighted by molar-refractivity contribution is 5.97. The van der Waals surface area contributed by atoms with Crippen LogP contribution in [0, 0.1) is 20.8 Å². The van der Waals surface area contributed by atoms with Gasteiger partial charge in [0.2, 0.25) is 5.91 Å². The van der Waals surface area contributed by atoms with Crippen LogP contribution in [0.5, 0.6) is 0 Å². The van der Waals surface area contributed by atoms with Crippen molar-refractivity contribution in [3.63, 3.8) is 0 Å². The number of carbonyl (C=O) groups is 2. The van der Waals surface area contributed by atoms with Crippen molar-refractivity contribution in [2.24, 2.45) is 0 Å². The van der Waals surface area contributed by atoms with Crippen LogP contribution >= 0.6 is 0 Å². The summed E-state index contributed by atoms with van der Waals surface area (Å²) in [6.45, 7) is 5.78. The number of nitrogens with zero attached hydrogens (tertiary/aromatic N) is 1. The molecule has 3 N–H and O–H groups in total. The van der Waals surface area contributed by atoms with Gasteiger partial charge in [-0.2, -0.15) is 0 Å². The first-order valence-corrected chi connectivity index (χ1v) is 7.28. The van der Waals surface area contributed by atoms with Gasteiger partial charge >= 0.3 is 6.03 Å². The first-order valence-electron chi connectivity index (χ1n) is 7.28. The fraction of sp³-hybridized carbons (Fsp3) is 0.235. The average Bonchev–Trinajstić information content (AvgIpc) is 2.50. The molecule has 0 aliphatic carbocycles. The SMILES string of the molecule is Cc1cc(C)c(NC(=O)CNC(=O)Nc2cccnc2)c(C)c1. The van der Waals surface area contributed by atoms with Gasteiger partial charge in [0.05, 0.1) is 18.4 Å². The second-order valence-corrected chi connectivity index (χ2v) is 5.37. The molecule has 0 atom stereocenters. The van der Waals surface area contributed by atoms with E-state index < -0.39 is 6.03 Å². The molecule has 6 heteroatoms. The van der Waals surface area contributed by atoms with Gasteiger partial charge in [0.25, 0.3) is 0 Å². The highest BCUT2D eigenvalue weighted by atomic mass is 16.2. The molecule has 1 heterocycles. The van der Waals surface area contributed by atoms with Crippen molar-refractivity contribution in [3.8, 4) is 0 Å². The number of urea groups is 1. The van der Waals surface area contributed by atoms with E-state index in [0.29, 0.717) is 5.69 Å². The Bertz CT molecular complexity index is 691. The zero-order valence-corrected chi connectivity index (χ0v) is 13.4. The zero-order chi connectivity index (χ0) is 16.8. The summed E-state index contributed by atoms with van der Waals surface area (Å²) in [6, 6.07) is 6.98. The summed E-state index contributed by atoms with van der Waals surface area (Å²) in [7, 11) is 0. The van der Waals surface area contributed by atoms with Crippen molar-refractivity contribution in [1.29, 1.82) is 0 Å². The number of hydrogen-bond acceptors (Lipinski definition) is 3. The summed E-state index contributed by atoms with van der Waals surface area (Å²) < 4.78 is 0. The van der Waals surface area contributed by atoms with Gasteiger partial charge in [0.1, 0.15) is 0 Å². The Labute approximate surface area is 135 Å². The largest absolute Gasteiger partial charge is 0.329 e. The minimum atomic E-state index is -0.453. The lowest BCUT2D eigenvalue weighted by Crippen LogP contribution is -2.36. The van der Waals surface area contributed by atoms with Crippen LogP contribution in [-0.2, 0) is 4.79 Å². The van der Waals surface area contributed by atoms with Gasteiger partial charge < -0.3 is 16.0 Å². The predicted molar refractivity (Wildman–Crippen MR) is 90.5 cm³/mol. The van der Waals surface area contributed by atoms with Crippen molar-refractivity contribution >= 4 is 23.3 Å². The molecule has 23 heavy (non-hydrogen) atoms. The quantitative estimate of drug-likeness (QED) is 0.811. The van der Waals surface area contributed by atoms with E-state index in [1.165, 1.54) is 6.20 Å².